The quantitative estimate of drug-likeness (QED) is 0.172. The molecule has 0 bridgehead atoms. The van der Waals surface area contributed by atoms with Gasteiger partial charge in [-0.05, 0) is 74.4 Å². The highest BCUT2D eigenvalue weighted by Gasteiger charge is 2.36. The van der Waals surface area contributed by atoms with Gasteiger partial charge in [0.1, 0.15) is 23.4 Å². The van der Waals surface area contributed by atoms with E-state index in [9.17, 15) is 24.0 Å². The summed E-state index contributed by atoms with van der Waals surface area (Å²) < 4.78 is 16.0. The summed E-state index contributed by atoms with van der Waals surface area (Å²) in [6.45, 7) is 8.88. The van der Waals surface area contributed by atoms with Gasteiger partial charge in [0.05, 0.1) is 34.7 Å². The van der Waals surface area contributed by atoms with Gasteiger partial charge in [-0.25, -0.2) is 19.2 Å². The molecule has 5 saturated heterocycles. The molecule has 5 fully saturated rings. The number of hydrogen-bond donors (Lipinski definition) is 4. The number of aromatic nitrogens is 3. The van der Waals surface area contributed by atoms with Crippen molar-refractivity contribution in [2.24, 2.45) is 11.7 Å². The Hall–Kier alpha value is -6.30. The van der Waals surface area contributed by atoms with Crippen LogP contribution in [0.4, 0.5) is 26.4 Å². The first-order valence-electron chi connectivity index (χ1n) is 21.7. The van der Waals surface area contributed by atoms with Crippen molar-refractivity contribution >= 4 is 57.8 Å². The number of hydrogen-bond acceptors (Lipinski definition) is 11. The van der Waals surface area contributed by atoms with Crippen molar-refractivity contribution in [3.63, 3.8) is 0 Å². The molecule has 6 amide bonds. The molecule has 17 nitrogen and oxygen atoms in total. The number of piperazine rings is 1. The summed E-state index contributed by atoms with van der Waals surface area (Å²) >= 11 is 0. The Morgan fingerprint density at radius 3 is 2.35 bits per heavy atom. The van der Waals surface area contributed by atoms with Crippen molar-refractivity contribution in [1.29, 1.82) is 0 Å². The minimum absolute atomic E-state index is 0.00241. The maximum absolute atomic E-state index is 16.0. The molecular formula is C44H53FN12O5. The van der Waals surface area contributed by atoms with Gasteiger partial charge in [0, 0.05) is 108 Å². The van der Waals surface area contributed by atoms with Crippen LogP contribution in [0.15, 0.2) is 48.8 Å². The fourth-order valence-corrected chi connectivity index (χ4v) is 9.74. The van der Waals surface area contributed by atoms with Crippen LogP contribution in [-0.4, -0.2) is 150 Å². The van der Waals surface area contributed by atoms with Crippen molar-refractivity contribution < 1.29 is 28.4 Å². The zero-order chi connectivity index (χ0) is 43.1. The van der Waals surface area contributed by atoms with E-state index in [1.807, 2.05) is 40.3 Å². The second-order valence-electron chi connectivity index (χ2n) is 17.2. The van der Waals surface area contributed by atoms with Gasteiger partial charge in [-0.3, -0.25) is 29.4 Å². The van der Waals surface area contributed by atoms with Crippen molar-refractivity contribution in [1.82, 2.24) is 40.3 Å². The number of amides is 6. The van der Waals surface area contributed by atoms with Crippen LogP contribution in [0.5, 0.6) is 0 Å². The molecule has 8 heterocycles. The van der Waals surface area contributed by atoms with Gasteiger partial charge in [-0.15, -0.1) is 0 Å². The normalized spacial score (nSPS) is 21.8. The number of nitrogens with two attached hydrogens (primary N) is 1. The standard InChI is InChI=1S/C44H53FN12O5/c1-52-15-20-57(44(52)62)30-3-2-12-56(26-30)40-31-22-36(49-39(31)32(41(46)59)21-33(40)45)28-4-8-37(48-23-28)55-18-16-53(17-19-55)25-27-10-13-54(14-11-27)29-5-6-34(47-24-29)42(60)50-35-7-9-38(58)51-43(35)61/h4-6,8,21-24,27,30,35,49H,2-3,7,9-20,25-26H2,1H3,(H2,46,59)(H,50,60)(H,51,58,61)/t30-,35+/m1/s1. The fourth-order valence-electron chi connectivity index (χ4n) is 9.74. The Bertz CT molecular complexity index is 2360. The number of benzene rings is 1. The average molecular weight is 849 g/mol. The zero-order valence-corrected chi connectivity index (χ0v) is 34.9. The van der Waals surface area contributed by atoms with E-state index >= 15 is 4.39 Å². The number of pyridine rings is 2. The van der Waals surface area contributed by atoms with E-state index < -0.39 is 29.6 Å². The van der Waals surface area contributed by atoms with Gasteiger partial charge in [0.15, 0.2) is 0 Å². The summed E-state index contributed by atoms with van der Waals surface area (Å²) in [4.78, 5) is 86.8. The smallest absolute Gasteiger partial charge is 0.320 e. The summed E-state index contributed by atoms with van der Waals surface area (Å²) in [5, 5.41) is 5.50. The number of aromatic amines is 1. The molecule has 5 aliphatic heterocycles. The minimum Gasteiger partial charge on any atom is -0.370 e. The summed E-state index contributed by atoms with van der Waals surface area (Å²) in [7, 11) is 1.80. The number of carbonyl (C=O) groups excluding carboxylic acids is 5. The number of halogens is 1. The number of anilines is 3. The van der Waals surface area contributed by atoms with Gasteiger partial charge in [-0.1, -0.05) is 0 Å². The number of nitrogens with one attached hydrogen (secondary N) is 3. The number of primary amides is 1. The van der Waals surface area contributed by atoms with Crippen LogP contribution in [0.2, 0.25) is 0 Å². The number of H-pyrrole nitrogens is 1. The maximum Gasteiger partial charge on any atom is 0.320 e. The van der Waals surface area contributed by atoms with E-state index in [4.69, 9.17) is 10.7 Å². The first kappa shape index (κ1) is 41.1. The van der Waals surface area contributed by atoms with Gasteiger partial charge < -0.3 is 40.5 Å². The lowest BCUT2D eigenvalue weighted by Crippen LogP contribution is -2.52. The van der Waals surface area contributed by atoms with E-state index in [0.717, 1.165) is 88.6 Å². The van der Waals surface area contributed by atoms with Crippen LogP contribution < -0.4 is 31.1 Å². The number of imide groups is 1. The van der Waals surface area contributed by atoms with Gasteiger partial charge in [-0.2, -0.15) is 0 Å². The topological polar surface area (TPSA) is 196 Å². The molecule has 0 saturated carbocycles. The largest absolute Gasteiger partial charge is 0.370 e. The summed E-state index contributed by atoms with van der Waals surface area (Å²) in [6, 6.07) is 9.91. The van der Waals surface area contributed by atoms with E-state index in [1.165, 1.54) is 6.07 Å². The van der Waals surface area contributed by atoms with Crippen LogP contribution in [0.25, 0.3) is 22.2 Å². The average Bonchev–Trinajstić information content (AvgIpc) is 3.87. The highest BCUT2D eigenvalue weighted by Crippen LogP contribution is 2.38. The maximum atomic E-state index is 16.0. The third kappa shape index (κ3) is 8.34. The number of fused-ring (bicyclic) bond motifs is 1. The van der Waals surface area contributed by atoms with Gasteiger partial charge >= 0.3 is 6.03 Å². The van der Waals surface area contributed by atoms with Crippen LogP contribution in [0, 0.1) is 11.7 Å². The fraction of sp³-hybridized carbons (Fsp3) is 0.477. The van der Waals surface area contributed by atoms with E-state index in [1.54, 1.807) is 24.2 Å². The van der Waals surface area contributed by atoms with Gasteiger partial charge in [0.2, 0.25) is 11.8 Å². The molecule has 326 valence electrons. The number of carbonyl (C=O) groups is 5. The lowest BCUT2D eigenvalue weighted by atomic mass is 9.95. The van der Waals surface area contributed by atoms with Crippen LogP contribution in [-0.2, 0) is 9.59 Å². The number of likely N-dealkylation sites (N-methyl/N-ethyl adjacent to an activating group) is 1. The van der Waals surface area contributed by atoms with Crippen molar-refractivity contribution in [3.8, 4) is 11.3 Å². The second kappa shape index (κ2) is 17.2. The molecular weight excluding hydrogens is 796 g/mol. The summed E-state index contributed by atoms with van der Waals surface area (Å²) in [5.41, 5.74) is 9.43. The predicted molar refractivity (Wildman–Crippen MR) is 231 cm³/mol. The molecule has 0 aliphatic carbocycles. The molecule has 9 rings (SSSR count). The highest BCUT2D eigenvalue weighted by molar-refractivity contribution is 6.10. The zero-order valence-electron chi connectivity index (χ0n) is 34.9. The molecule has 0 radical (unpaired) electrons. The first-order valence-corrected chi connectivity index (χ1v) is 21.7. The summed E-state index contributed by atoms with van der Waals surface area (Å²) in [5.74, 6) is -1.02. The van der Waals surface area contributed by atoms with Crippen LogP contribution in [0.1, 0.15) is 59.4 Å². The molecule has 62 heavy (non-hydrogen) atoms. The number of rotatable bonds is 10. The Morgan fingerprint density at radius 2 is 1.68 bits per heavy atom. The molecule has 18 heteroatoms. The molecule has 0 spiro atoms. The molecule has 0 unspecified atom stereocenters. The predicted octanol–water partition coefficient (Wildman–Crippen LogP) is 2.77. The highest BCUT2D eigenvalue weighted by atomic mass is 19.1. The minimum atomic E-state index is -0.742. The number of urea groups is 1. The monoisotopic (exact) mass is 848 g/mol. The number of nitrogens with zero attached hydrogens (tertiary/aromatic N) is 8. The molecule has 4 aromatic rings. The third-order valence-corrected chi connectivity index (χ3v) is 13.3. The van der Waals surface area contributed by atoms with Crippen molar-refractivity contribution in [2.75, 3.05) is 93.7 Å². The van der Waals surface area contributed by atoms with E-state index in [2.05, 4.69) is 35.3 Å². The Morgan fingerprint density at radius 1 is 0.871 bits per heavy atom. The van der Waals surface area contributed by atoms with Crippen molar-refractivity contribution in [3.05, 3.63) is 65.9 Å². The van der Waals surface area contributed by atoms with E-state index in [0.29, 0.717) is 54.4 Å². The Labute approximate surface area is 358 Å². The van der Waals surface area contributed by atoms with Gasteiger partial charge in [0.25, 0.3) is 11.8 Å². The molecule has 5 N–H and O–H groups in total. The lowest BCUT2D eigenvalue weighted by Gasteiger charge is -2.39. The first-order chi connectivity index (χ1) is 30.0. The second-order valence-corrected chi connectivity index (χ2v) is 17.2. The SMILES string of the molecule is CN1CCN([C@@H]2CCCN(c3c(F)cc(C(N)=O)c4[nH]c(-c5ccc(N6CCN(CC7CCN(c8ccc(C(=O)N[C@H]9CCC(=O)NC9=O)nc8)CC7)CC6)nc5)cc34)C2)C1=O. The summed E-state index contributed by atoms with van der Waals surface area (Å²) in [6.07, 6.45) is 7.76. The Kier molecular flexibility index (Phi) is 11.4. The third-order valence-electron chi connectivity index (χ3n) is 13.3. The lowest BCUT2D eigenvalue weighted by molar-refractivity contribution is -0.134. The Balaban J connectivity index is 0.780. The molecule has 2 atom stereocenters. The molecule has 5 aliphatic rings. The van der Waals surface area contributed by atoms with Crippen molar-refractivity contribution in [2.45, 2.75) is 50.6 Å². The molecule has 3 aromatic heterocycles. The number of piperidine rings is 3. The van der Waals surface area contributed by atoms with E-state index in [-0.39, 0.29) is 42.1 Å². The van der Waals surface area contributed by atoms with Crippen LogP contribution in [0.3, 0.4) is 0 Å². The molecule has 1 aromatic carbocycles. The van der Waals surface area contributed by atoms with Crippen LogP contribution >= 0.6 is 0 Å².